The van der Waals surface area contributed by atoms with Gasteiger partial charge in [0.2, 0.25) is 0 Å². The third-order valence-electron chi connectivity index (χ3n) is 2.63. The summed E-state index contributed by atoms with van der Waals surface area (Å²) in [6.45, 7) is 5.65. The number of nitrogens with zero attached hydrogens (tertiary/aromatic N) is 1. The largest absolute Gasteiger partial charge is 0.351 e. The predicted octanol–water partition coefficient (Wildman–Crippen LogP) is 0.387. The van der Waals surface area contributed by atoms with Crippen LogP contribution >= 0.6 is 0 Å². The lowest BCUT2D eigenvalue weighted by atomic mass is 9.98. The van der Waals surface area contributed by atoms with Gasteiger partial charge in [-0.15, -0.1) is 0 Å². The maximum Gasteiger partial charge on any atom is 0.314 e. The van der Waals surface area contributed by atoms with Crippen LogP contribution in [-0.2, 0) is 0 Å². The summed E-state index contributed by atoms with van der Waals surface area (Å²) in [5.74, 6) is 0.633. The molecule has 1 aliphatic heterocycles. The Bertz CT molecular complexity index is 166. The Kier molecular flexibility index (Phi) is 4.02. The summed E-state index contributed by atoms with van der Waals surface area (Å²) in [7, 11) is 0. The van der Waals surface area contributed by atoms with Crippen molar-refractivity contribution in [2.24, 2.45) is 11.7 Å². The van der Waals surface area contributed by atoms with Crippen molar-refractivity contribution >= 4 is 6.03 Å². The van der Waals surface area contributed by atoms with Gasteiger partial charge in [0.25, 0.3) is 0 Å². The van der Waals surface area contributed by atoms with Crippen LogP contribution in [-0.4, -0.2) is 37.1 Å². The van der Waals surface area contributed by atoms with Crippen molar-refractivity contribution in [2.45, 2.75) is 19.8 Å². The van der Waals surface area contributed by atoms with Crippen LogP contribution < -0.4 is 11.1 Å². The smallest absolute Gasteiger partial charge is 0.314 e. The first-order valence-electron chi connectivity index (χ1n) is 4.99. The summed E-state index contributed by atoms with van der Waals surface area (Å²) in [6.07, 6.45) is 2.31. The second-order valence-electron chi connectivity index (χ2n) is 3.57. The number of urea groups is 1. The van der Waals surface area contributed by atoms with Crippen LogP contribution in [0.5, 0.6) is 0 Å². The zero-order valence-corrected chi connectivity index (χ0v) is 8.25. The highest BCUT2D eigenvalue weighted by molar-refractivity contribution is 5.71. The van der Waals surface area contributed by atoms with Gasteiger partial charge in [0, 0.05) is 13.1 Å². The highest BCUT2D eigenvalue weighted by atomic mass is 16.2. The van der Waals surface area contributed by atoms with Crippen molar-refractivity contribution in [3.63, 3.8) is 0 Å². The second-order valence-corrected chi connectivity index (χ2v) is 3.57. The molecular formula is C9H19N3O. The number of hydrogen-bond acceptors (Lipinski definition) is 2. The van der Waals surface area contributed by atoms with Crippen LogP contribution in [0, 0.1) is 5.92 Å². The monoisotopic (exact) mass is 185 g/mol. The Labute approximate surface area is 79.5 Å². The number of piperidine rings is 1. The van der Waals surface area contributed by atoms with E-state index < -0.39 is 0 Å². The summed E-state index contributed by atoms with van der Waals surface area (Å²) in [5.41, 5.74) is 5.24. The molecule has 0 aliphatic carbocycles. The fourth-order valence-electron chi connectivity index (χ4n) is 1.75. The van der Waals surface area contributed by atoms with E-state index in [1.807, 2.05) is 6.92 Å². The highest BCUT2D eigenvalue weighted by Crippen LogP contribution is 2.12. The van der Waals surface area contributed by atoms with E-state index in [0.717, 1.165) is 39.0 Å². The van der Waals surface area contributed by atoms with E-state index in [4.69, 9.17) is 5.73 Å². The lowest BCUT2D eigenvalue weighted by molar-refractivity contribution is 0.192. The van der Waals surface area contributed by atoms with Crippen molar-refractivity contribution < 1.29 is 4.79 Å². The molecule has 0 saturated carbocycles. The molecule has 4 nitrogen and oxygen atoms in total. The molecular weight excluding hydrogens is 166 g/mol. The van der Waals surface area contributed by atoms with Crippen molar-refractivity contribution in [1.29, 1.82) is 0 Å². The van der Waals surface area contributed by atoms with E-state index in [-0.39, 0.29) is 6.03 Å². The molecule has 0 unspecified atom stereocenters. The SMILES string of the molecule is CCN(CC1CCNCC1)C(N)=O. The van der Waals surface area contributed by atoms with Crippen LogP contribution in [0.25, 0.3) is 0 Å². The molecule has 0 radical (unpaired) electrons. The summed E-state index contributed by atoms with van der Waals surface area (Å²) in [6, 6.07) is -0.291. The van der Waals surface area contributed by atoms with Gasteiger partial charge in [0.1, 0.15) is 0 Å². The third-order valence-corrected chi connectivity index (χ3v) is 2.63. The number of rotatable bonds is 3. The van der Waals surface area contributed by atoms with Crippen molar-refractivity contribution in [2.75, 3.05) is 26.2 Å². The first kappa shape index (κ1) is 10.3. The Morgan fingerprint density at radius 1 is 1.54 bits per heavy atom. The van der Waals surface area contributed by atoms with E-state index in [9.17, 15) is 4.79 Å². The molecule has 1 saturated heterocycles. The number of hydrogen-bond donors (Lipinski definition) is 2. The lowest BCUT2D eigenvalue weighted by Crippen LogP contribution is -2.41. The zero-order chi connectivity index (χ0) is 9.68. The number of primary amides is 1. The highest BCUT2D eigenvalue weighted by Gasteiger charge is 2.17. The van der Waals surface area contributed by atoms with E-state index in [2.05, 4.69) is 5.32 Å². The number of amides is 2. The molecule has 0 aromatic heterocycles. The Morgan fingerprint density at radius 2 is 2.15 bits per heavy atom. The summed E-state index contributed by atoms with van der Waals surface area (Å²) < 4.78 is 0. The topological polar surface area (TPSA) is 58.4 Å². The molecule has 0 spiro atoms. The Balaban J connectivity index is 2.31. The normalized spacial score (nSPS) is 18.5. The molecule has 3 N–H and O–H groups in total. The van der Waals surface area contributed by atoms with Gasteiger partial charge < -0.3 is 16.0 Å². The molecule has 76 valence electrons. The fraction of sp³-hybridized carbons (Fsp3) is 0.889. The van der Waals surface area contributed by atoms with Crippen LogP contribution in [0.4, 0.5) is 4.79 Å². The van der Waals surface area contributed by atoms with Crippen LogP contribution in [0.1, 0.15) is 19.8 Å². The van der Waals surface area contributed by atoms with Crippen molar-refractivity contribution in [3.05, 3.63) is 0 Å². The molecule has 1 heterocycles. The number of carbonyl (C=O) groups excluding carboxylic acids is 1. The van der Waals surface area contributed by atoms with Gasteiger partial charge in [0.05, 0.1) is 0 Å². The minimum absolute atomic E-state index is 0.291. The third kappa shape index (κ3) is 3.22. The predicted molar refractivity (Wildman–Crippen MR) is 52.4 cm³/mol. The number of carbonyl (C=O) groups is 1. The average molecular weight is 185 g/mol. The van der Waals surface area contributed by atoms with Gasteiger partial charge in [-0.2, -0.15) is 0 Å². The summed E-state index contributed by atoms with van der Waals surface area (Å²) in [4.78, 5) is 12.7. The van der Waals surface area contributed by atoms with Gasteiger partial charge in [0.15, 0.2) is 0 Å². The van der Waals surface area contributed by atoms with Crippen LogP contribution in [0.2, 0.25) is 0 Å². The molecule has 0 aromatic carbocycles. The number of nitrogens with two attached hydrogens (primary N) is 1. The minimum Gasteiger partial charge on any atom is -0.351 e. The Hall–Kier alpha value is -0.770. The lowest BCUT2D eigenvalue weighted by Gasteiger charge is -2.28. The fourth-order valence-corrected chi connectivity index (χ4v) is 1.75. The second kappa shape index (κ2) is 5.07. The average Bonchev–Trinajstić information content (AvgIpc) is 2.15. The molecule has 4 heteroatoms. The maximum atomic E-state index is 10.9. The molecule has 13 heavy (non-hydrogen) atoms. The minimum atomic E-state index is -0.291. The van der Waals surface area contributed by atoms with Crippen molar-refractivity contribution in [1.82, 2.24) is 10.2 Å². The van der Waals surface area contributed by atoms with Gasteiger partial charge in [-0.05, 0) is 38.8 Å². The van der Waals surface area contributed by atoms with E-state index in [1.165, 1.54) is 0 Å². The molecule has 1 fully saturated rings. The van der Waals surface area contributed by atoms with Crippen LogP contribution in [0.3, 0.4) is 0 Å². The van der Waals surface area contributed by atoms with Gasteiger partial charge in [-0.1, -0.05) is 0 Å². The molecule has 1 aliphatic rings. The number of nitrogens with one attached hydrogen (secondary N) is 1. The maximum absolute atomic E-state index is 10.9. The molecule has 0 bridgehead atoms. The van der Waals surface area contributed by atoms with E-state index in [1.54, 1.807) is 4.90 Å². The molecule has 1 rings (SSSR count). The van der Waals surface area contributed by atoms with Gasteiger partial charge >= 0.3 is 6.03 Å². The van der Waals surface area contributed by atoms with Gasteiger partial charge in [-0.3, -0.25) is 0 Å². The van der Waals surface area contributed by atoms with Crippen LogP contribution in [0.15, 0.2) is 0 Å². The van der Waals surface area contributed by atoms with E-state index >= 15 is 0 Å². The Morgan fingerprint density at radius 3 is 2.62 bits per heavy atom. The first-order chi connectivity index (χ1) is 6.24. The van der Waals surface area contributed by atoms with E-state index in [0.29, 0.717) is 5.92 Å². The zero-order valence-electron chi connectivity index (χ0n) is 8.25. The molecule has 0 atom stereocenters. The van der Waals surface area contributed by atoms with Gasteiger partial charge in [-0.25, -0.2) is 4.79 Å². The molecule has 2 amide bonds. The quantitative estimate of drug-likeness (QED) is 0.668. The molecule has 0 aromatic rings. The first-order valence-corrected chi connectivity index (χ1v) is 4.99. The van der Waals surface area contributed by atoms with Crippen molar-refractivity contribution in [3.8, 4) is 0 Å². The summed E-state index contributed by atoms with van der Waals surface area (Å²) in [5, 5.41) is 3.30. The summed E-state index contributed by atoms with van der Waals surface area (Å²) >= 11 is 0. The standard InChI is InChI=1S/C9H19N3O/c1-2-12(9(10)13)7-8-3-5-11-6-4-8/h8,11H,2-7H2,1H3,(H2,10,13).